The highest BCUT2D eigenvalue weighted by molar-refractivity contribution is 7.07. The number of non-ortho nitro benzene ring substituents is 1. The van der Waals surface area contributed by atoms with Gasteiger partial charge < -0.3 is 14.1 Å². The predicted octanol–water partition coefficient (Wildman–Crippen LogP) is 5.12. The van der Waals surface area contributed by atoms with Gasteiger partial charge in [-0.1, -0.05) is 29.5 Å². The monoisotopic (exact) mass is 600 g/mol. The van der Waals surface area contributed by atoms with E-state index in [1.54, 1.807) is 32.0 Å². The first-order valence-electron chi connectivity index (χ1n) is 14.1. The zero-order valence-corrected chi connectivity index (χ0v) is 25.4. The van der Waals surface area contributed by atoms with Gasteiger partial charge in [0.25, 0.3) is 11.2 Å². The minimum atomic E-state index is -0.935. The fraction of sp³-hybridized carbons (Fsp3) is 0.281. The summed E-state index contributed by atoms with van der Waals surface area (Å²) in [5.74, 6) is 0.0958. The number of rotatable bonds is 9. The number of hydrogen-bond acceptors (Lipinski definition) is 9. The molecule has 0 radical (unpaired) electrons. The first-order chi connectivity index (χ1) is 20.7. The molecule has 222 valence electrons. The summed E-state index contributed by atoms with van der Waals surface area (Å²) in [5, 5.41) is 11.4. The Morgan fingerprint density at radius 1 is 1.12 bits per heavy atom. The number of nitro groups is 1. The van der Waals surface area contributed by atoms with E-state index in [1.807, 2.05) is 37.3 Å². The minimum Gasteiger partial charge on any atom is -0.463 e. The quantitative estimate of drug-likeness (QED) is 0.149. The zero-order valence-electron chi connectivity index (χ0n) is 24.6. The number of fused-ring (bicyclic) bond motifs is 1. The molecule has 2 aromatic heterocycles. The number of anilines is 1. The van der Waals surface area contributed by atoms with Crippen LogP contribution in [-0.4, -0.2) is 35.2 Å². The molecule has 3 heterocycles. The molecule has 1 atom stereocenters. The Hall–Kier alpha value is -4.77. The summed E-state index contributed by atoms with van der Waals surface area (Å²) in [6.45, 7) is 11.4. The lowest BCUT2D eigenvalue weighted by Gasteiger charge is -2.22. The van der Waals surface area contributed by atoms with Gasteiger partial charge in [0.05, 0.1) is 27.3 Å². The number of thiazole rings is 1. The molecule has 0 saturated carbocycles. The molecule has 1 aliphatic heterocycles. The Bertz CT molecular complexity index is 1910. The molecule has 10 nitrogen and oxygen atoms in total. The van der Waals surface area contributed by atoms with Crippen LogP contribution in [-0.2, 0) is 9.53 Å². The molecule has 0 unspecified atom stereocenters. The van der Waals surface area contributed by atoms with E-state index in [0.29, 0.717) is 32.1 Å². The maximum Gasteiger partial charge on any atom is 0.338 e. The number of nitro benzene ring substituents is 1. The van der Waals surface area contributed by atoms with E-state index in [0.717, 1.165) is 29.9 Å². The average Bonchev–Trinajstić information content (AvgIpc) is 3.59. The Morgan fingerprint density at radius 2 is 1.84 bits per heavy atom. The summed E-state index contributed by atoms with van der Waals surface area (Å²) in [5.41, 5.74) is 3.51. The van der Waals surface area contributed by atoms with Crippen molar-refractivity contribution >= 4 is 34.8 Å². The average molecular weight is 601 g/mol. The van der Waals surface area contributed by atoms with Crippen LogP contribution in [0.15, 0.2) is 80.1 Å². The van der Waals surface area contributed by atoms with Crippen molar-refractivity contribution < 1.29 is 18.9 Å². The van der Waals surface area contributed by atoms with Crippen molar-refractivity contribution in [1.82, 2.24) is 4.57 Å². The number of carbonyl (C=O) groups excluding carboxylic acids is 1. The van der Waals surface area contributed by atoms with Crippen LogP contribution in [0.4, 0.5) is 11.4 Å². The number of hydrogen-bond donors (Lipinski definition) is 0. The van der Waals surface area contributed by atoms with Gasteiger partial charge in [-0.05, 0) is 76.1 Å². The third-order valence-corrected chi connectivity index (χ3v) is 8.41. The highest BCUT2D eigenvalue weighted by atomic mass is 32.1. The first kappa shape index (κ1) is 29.7. The fourth-order valence-electron chi connectivity index (χ4n) is 5.22. The number of carbonyl (C=O) groups is 1. The van der Waals surface area contributed by atoms with Crippen molar-refractivity contribution in [2.24, 2.45) is 4.99 Å². The molecule has 0 aliphatic carbocycles. The van der Waals surface area contributed by atoms with Crippen molar-refractivity contribution in [1.29, 1.82) is 0 Å². The normalized spacial score (nSPS) is 14.8. The second-order valence-electron chi connectivity index (χ2n) is 10.0. The number of ether oxygens (including phenoxy) is 1. The Balaban J connectivity index is 1.64. The van der Waals surface area contributed by atoms with Crippen LogP contribution < -0.4 is 19.8 Å². The molecule has 1 aliphatic rings. The van der Waals surface area contributed by atoms with Crippen LogP contribution in [0.3, 0.4) is 0 Å². The largest absolute Gasteiger partial charge is 0.463 e. The molecule has 11 heteroatoms. The van der Waals surface area contributed by atoms with Gasteiger partial charge >= 0.3 is 5.97 Å². The van der Waals surface area contributed by atoms with Crippen molar-refractivity contribution in [3.05, 3.63) is 113 Å². The van der Waals surface area contributed by atoms with Crippen molar-refractivity contribution in [3.63, 3.8) is 0 Å². The molecule has 0 saturated heterocycles. The van der Waals surface area contributed by atoms with Gasteiger partial charge in [0.1, 0.15) is 17.6 Å². The molecule has 43 heavy (non-hydrogen) atoms. The standard InChI is InChI=1S/C32H32N4O6S/c1-6-34(7-2)22-13-10-21(11-14-22)17-27-30(37)35-29(28(31(38)41-8-3)20(5)33-32(35)43-27)26-16-15-25(42-26)24-18-23(36(39)40)12-9-19(24)4/h9-18,29H,6-8H2,1-5H3/b27-17-/t29-/m1/s1. The van der Waals surface area contributed by atoms with Gasteiger partial charge in [-0.3, -0.25) is 19.5 Å². The summed E-state index contributed by atoms with van der Waals surface area (Å²) in [7, 11) is 0. The smallest absolute Gasteiger partial charge is 0.338 e. The van der Waals surface area contributed by atoms with Crippen LogP contribution in [0, 0.1) is 17.0 Å². The predicted molar refractivity (Wildman–Crippen MR) is 166 cm³/mol. The highest BCUT2D eigenvalue weighted by Crippen LogP contribution is 2.36. The minimum absolute atomic E-state index is 0.0698. The summed E-state index contributed by atoms with van der Waals surface area (Å²) in [4.78, 5) is 45.4. The fourth-order valence-corrected chi connectivity index (χ4v) is 6.26. The van der Waals surface area contributed by atoms with E-state index in [4.69, 9.17) is 9.15 Å². The second-order valence-corrected chi connectivity index (χ2v) is 11.0. The summed E-state index contributed by atoms with van der Waals surface area (Å²) >= 11 is 1.23. The van der Waals surface area contributed by atoms with Gasteiger partial charge in [-0.2, -0.15) is 0 Å². The van der Waals surface area contributed by atoms with E-state index < -0.39 is 16.9 Å². The van der Waals surface area contributed by atoms with Crippen LogP contribution in [0.25, 0.3) is 17.4 Å². The summed E-state index contributed by atoms with van der Waals surface area (Å²) < 4.78 is 13.5. The Labute approximate surface area is 252 Å². The number of benzene rings is 2. The van der Waals surface area contributed by atoms with Gasteiger partial charge in [0.2, 0.25) is 0 Å². The number of aryl methyl sites for hydroxylation is 1. The summed E-state index contributed by atoms with van der Waals surface area (Å²) in [6, 6.07) is 15.0. The second kappa shape index (κ2) is 12.2. The van der Waals surface area contributed by atoms with Gasteiger partial charge in [-0.25, -0.2) is 9.79 Å². The van der Waals surface area contributed by atoms with Crippen molar-refractivity contribution in [2.75, 3.05) is 24.6 Å². The Kier molecular flexibility index (Phi) is 8.45. The Morgan fingerprint density at radius 3 is 2.49 bits per heavy atom. The number of furan rings is 1. The van der Waals surface area contributed by atoms with Gasteiger partial charge in [0, 0.05) is 36.5 Å². The van der Waals surface area contributed by atoms with Crippen molar-refractivity contribution in [2.45, 2.75) is 40.7 Å². The van der Waals surface area contributed by atoms with E-state index in [2.05, 4.69) is 23.7 Å². The number of aromatic nitrogens is 1. The molecular weight excluding hydrogens is 568 g/mol. The topological polar surface area (TPSA) is 120 Å². The molecule has 0 N–H and O–H groups in total. The molecule has 0 bridgehead atoms. The van der Waals surface area contributed by atoms with Gasteiger partial charge in [0.15, 0.2) is 4.80 Å². The lowest BCUT2D eigenvalue weighted by atomic mass is 10.0. The van der Waals surface area contributed by atoms with Crippen LogP contribution in [0.1, 0.15) is 50.6 Å². The zero-order chi connectivity index (χ0) is 30.8. The van der Waals surface area contributed by atoms with E-state index in [-0.39, 0.29) is 23.4 Å². The molecular formula is C32H32N4O6S. The molecule has 0 amide bonds. The van der Waals surface area contributed by atoms with Crippen LogP contribution >= 0.6 is 11.3 Å². The molecule has 0 spiro atoms. The molecule has 5 rings (SSSR count). The molecule has 0 fully saturated rings. The molecule has 2 aromatic carbocycles. The SMILES string of the molecule is CCOC(=O)C1=C(C)N=c2s/c(=C\c3ccc(N(CC)CC)cc3)c(=O)n2[C@@H]1c1ccc(-c2cc([N+](=O)[O-])ccc2C)o1. The van der Waals surface area contributed by atoms with Crippen LogP contribution in [0.5, 0.6) is 0 Å². The van der Waals surface area contributed by atoms with Crippen molar-refractivity contribution in [3.8, 4) is 11.3 Å². The van der Waals surface area contributed by atoms with Gasteiger partial charge in [-0.15, -0.1) is 0 Å². The van der Waals surface area contributed by atoms with E-state index in [1.165, 1.54) is 28.0 Å². The lowest BCUT2D eigenvalue weighted by molar-refractivity contribution is -0.384. The van der Waals surface area contributed by atoms with E-state index >= 15 is 0 Å². The number of esters is 1. The third-order valence-electron chi connectivity index (χ3n) is 7.43. The first-order valence-corrected chi connectivity index (χ1v) is 14.9. The maximum absolute atomic E-state index is 13.9. The third kappa shape index (κ3) is 5.68. The molecule has 4 aromatic rings. The summed E-state index contributed by atoms with van der Waals surface area (Å²) in [6.07, 6.45) is 1.82. The highest BCUT2D eigenvalue weighted by Gasteiger charge is 2.35. The number of nitrogens with zero attached hydrogens (tertiary/aromatic N) is 4. The lowest BCUT2D eigenvalue weighted by Crippen LogP contribution is -2.39. The van der Waals surface area contributed by atoms with E-state index in [9.17, 15) is 19.7 Å². The van der Waals surface area contributed by atoms with Crippen LogP contribution in [0.2, 0.25) is 0 Å². The number of allylic oxidation sites excluding steroid dienone is 1. The maximum atomic E-state index is 13.9.